The minimum Gasteiger partial charge on any atom is -0.452 e. The Kier molecular flexibility index (Phi) is 6.39. The summed E-state index contributed by atoms with van der Waals surface area (Å²) in [5.74, 6) is -1.27. The number of ether oxygens (including phenoxy) is 1. The van der Waals surface area contributed by atoms with Crippen LogP contribution in [0.4, 0.5) is 4.39 Å². The number of benzene rings is 2. The highest BCUT2D eigenvalue weighted by Crippen LogP contribution is 2.13. The largest absolute Gasteiger partial charge is 0.452 e. The topological polar surface area (TPSA) is 64.4 Å². The Balaban J connectivity index is 1.57. The fraction of sp³-hybridized carbons (Fsp3) is 0.227. The summed E-state index contributed by atoms with van der Waals surface area (Å²) in [7, 11) is 0. The van der Waals surface area contributed by atoms with E-state index in [-0.39, 0.29) is 24.9 Å². The fourth-order valence-electron chi connectivity index (χ4n) is 2.91. The lowest BCUT2D eigenvalue weighted by atomic mass is 10.2. The van der Waals surface area contributed by atoms with Crippen molar-refractivity contribution < 1.29 is 18.7 Å². The van der Waals surface area contributed by atoms with Gasteiger partial charge in [-0.25, -0.2) is 13.9 Å². The quantitative estimate of drug-likeness (QED) is 0.574. The molecule has 0 aliphatic carbocycles. The van der Waals surface area contributed by atoms with Crippen molar-refractivity contribution in [2.45, 2.75) is 20.4 Å². The fourth-order valence-corrected chi connectivity index (χ4v) is 2.91. The van der Waals surface area contributed by atoms with Gasteiger partial charge >= 0.3 is 5.97 Å². The van der Waals surface area contributed by atoms with E-state index in [0.29, 0.717) is 17.7 Å². The molecule has 0 saturated carbocycles. The molecule has 7 heteroatoms. The molecule has 3 aromatic rings. The zero-order valence-electron chi connectivity index (χ0n) is 16.3. The minimum absolute atomic E-state index is 0.253. The average Bonchev–Trinajstić information content (AvgIpc) is 3.16. The van der Waals surface area contributed by atoms with Gasteiger partial charge in [-0.05, 0) is 61.9 Å². The van der Waals surface area contributed by atoms with E-state index in [2.05, 4.69) is 5.10 Å². The van der Waals surface area contributed by atoms with Gasteiger partial charge in [-0.3, -0.25) is 4.79 Å². The van der Waals surface area contributed by atoms with Crippen LogP contribution in [0.3, 0.4) is 0 Å². The van der Waals surface area contributed by atoms with E-state index in [1.807, 2.05) is 19.9 Å². The number of esters is 1. The Labute approximate surface area is 168 Å². The van der Waals surface area contributed by atoms with Gasteiger partial charge in [0, 0.05) is 25.0 Å². The monoisotopic (exact) mass is 395 g/mol. The van der Waals surface area contributed by atoms with Crippen LogP contribution in [-0.2, 0) is 16.1 Å². The highest BCUT2D eigenvalue weighted by atomic mass is 19.1. The van der Waals surface area contributed by atoms with Crippen LogP contribution in [0, 0.1) is 12.7 Å². The second kappa shape index (κ2) is 9.14. The first-order valence-electron chi connectivity index (χ1n) is 9.28. The van der Waals surface area contributed by atoms with Gasteiger partial charge in [0.15, 0.2) is 6.61 Å². The zero-order valence-corrected chi connectivity index (χ0v) is 16.3. The lowest BCUT2D eigenvalue weighted by Gasteiger charge is -2.21. The summed E-state index contributed by atoms with van der Waals surface area (Å²) in [5, 5.41) is 4.22. The predicted octanol–water partition coefficient (Wildman–Crippen LogP) is 3.53. The molecule has 0 fully saturated rings. The van der Waals surface area contributed by atoms with Crippen molar-refractivity contribution in [3.63, 3.8) is 0 Å². The highest BCUT2D eigenvalue weighted by molar-refractivity contribution is 5.91. The first-order chi connectivity index (χ1) is 14.0. The highest BCUT2D eigenvalue weighted by Gasteiger charge is 2.16. The number of rotatable bonds is 7. The number of likely N-dealkylation sites (N-methyl/N-ethyl adjacent to an activating group) is 1. The van der Waals surface area contributed by atoms with Crippen LogP contribution >= 0.6 is 0 Å². The van der Waals surface area contributed by atoms with E-state index in [0.717, 1.165) is 11.4 Å². The van der Waals surface area contributed by atoms with E-state index in [1.54, 1.807) is 47.3 Å². The molecule has 1 amide bonds. The Morgan fingerprint density at radius 1 is 1.14 bits per heavy atom. The van der Waals surface area contributed by atoms with E-state index in [1.165, 1.54) is 17.0 Å². The van der Waals surface area contributed by atoms with Crippen LogP contribution in [-0.4, -0.2) is 39.7 Å². The molecule has 0 aliphatic heterocycles. The van der Waals surface area contributed by atoms with E-state index < -0.39 is 5.97 Å². The number of amides is 1. The molecular weight excluding hydrogens is 373 g/mol. The zero-order chi connectivity index (χ0) is 20.8. The van der Waals surface area contributed by atoms with Gasteiger partial charge in [0.05, 0.1) is 11.3 Å². The van der Waals surface area contributed by atoms with Crippen LogP contribution in [0.5, 0.6) is 0 Å². The Bertz CT molecular complexity index is 999. The van der Waals surface area contributed by atoms with Gasteiger partial charge in [0.1, 0.15) is 5.82 Å². The molecule has 0 bridgehead atoms. The third-order valence-corrected chi connectivity index (χ3v) is 4.50. The summed E-state index contributed by atoms with van der Waals surface area (Å²) in [6.45, 7) is 4.05. The summed E-state index contributed by atoms with van der Waals surface area (Å²) in [6.07, 6.45) is 1.70. The molecule has 2 aromatic carbocycles. The van der Waals surface area contributed by atoms with Gasteiger partial charge in [0.2, 0.25) is 0 Å². The lowest BCUT2D eigenvalue weighted by molar-refractivity contribution is -0.134. The molecule has 150 valence electrons. The molecule has 0 radical (unpaired) electrons. The van der Waals surface area contributed by atoms with E-state index in [4.69, 9.17) is 4.74 Å². The standard InChI is InChI=1S/C22H22FN3O3/c1-3-25(14-17-5-4-6-19(23)13-17)21(27)15-29-22(28)18-7-9-20(10-8-18)26-16(2)11-12-24-26/h4-13H,3,14-15H2,1-2H3. The van der Waals surface area contributed by atoms with Crippen LogP contribution in [0.2, 0.25) is 0 Å². The van der Waals surface area contributed by atoms with Gasteiger partial charge in [-0.1, -0.05) is 12.1 Å². The first kappa shape index (κ1) is 20.3. The van der Waals surface area contributed by atoms with Crippen LogP contribution < -0.4 is 0 Å². The molecule has 0 saturated heterocycles. The summed E-state index contributed by atoms with van der Waals surface area (Å²) >= 11 is 0. The number of aromatic nitrogens is 2. The number of carbonyl (C=O) groups excluding carboxylic acids is 2. The summed E-state index contributed by atoms with van der Waals surface area (Å²) < 4.78 is 20.2. The second-order valence-electron chi connectivity index (χ2n) is 6.55. The van der Waals surface area contributed by atoms with Crippen LogP contribution in [0.1, 0.15) is 28.5 Å². The molecule has 0 unspecified atom stereocenters. The molecule has 0 aliphatic rings. The third kappa shape index (κ3) is 5.07. The van der Waals surface area contributed by atoms with E-state index >= 15 is 0 Å². The Morgan fingerprint density at radius 2 is 1.90 bits per heavy atom. The molecule has 6 nitrogen and oxygen atoms in total. The number of hydrogen-bond donors (Lipinski definition) is 0. The smallest absolute Gasteiger partial charge is 0.338 e. The first-order valence-corrected chi connectivity index (χ1v) is 9.28. The van der Waals surface area contributed by atoms with Crippen molar-refractivity contribution in [2.24, 2.45) is 0 Å². The van der Waals surface area contributed by atoms with Gasteiger partial charge in [-0.2, -0.15) is 5.10 Å². The molecule has 1 heterocycles. The number of halogens is 1. The maximum absolute atomic E-state index is 13.3. The lowest BCUT2D eigenvalue weighted by Crippen LogP contribution is -2.34. The molecular formula is C22H22FN3O3. The van der Waals surface area contributed by atoms with Gasteiger partial charge < -0.3 is 9.64 Å². The van der Waals surface area contributed by atoms with Crippen molar-refractivity contribution in [3.05, 3.63) is 83.4 Å². The Hall–Kier alpha value is -3.48. The van der Waals surface area contributed by atoms with Crippen molar-refractivity contribution in [1.29, 1.82) is 0 Å². The molecule has 0 atom stereocenters. The maximum atomic E-state index is 13.3. The number of hydrogen-bond acceptors (Lipinski definition) is 4. The second-order valence-corrected chi connectivity index (χ2v) is 6.55. The molecule has 0 spiro atoms. The number of carbonyl (C=O) groups is 2. The maximum Gasteiger partial charge on any atom is 0.338 e. The Morgan fingerprint density at radius 3 is 2.52 bits per heavy atom. The van der Waals surface area contributed by atoms with Gasteiger partial charge in [-0.15, -0.1) is 0 Å². The number of nitrogens with zero attached hydrogens (tertiary/aromatic N) is 3. The minimum atomic E-state index is -0.580. The normalized spacial score (nSPS) is 10.6. The number of aryl methyl sites for hydroxylation is 1. The average molecular weight is 395 g/mol. The summed E-state index contributed by atoms with van der Waals surface area (Å²) in [4.78, 5) is 26.2. The van der Waals surface area contributed by atoms with E-state index in [9.17, 15) is 14.0 Å². The van der Waals surface area contributed by atoms with Crippen molar-refractivity contribution in [2.75, 3.05) is 13.2 Å². The van der Waals surface area contributed by atoms with Crippen LogP contribution in [0.25, 0.3) is 5.69 Å². The van der Waals surface area contributed by atoms with Crippen LogP contribution in [0.15, 0.2) is 60.8 Å². The summed E-state index contributed by atoms with van der Waals surface area (Å²) in [6, 6.07) is 14.7. The third-order valence-electron chi connectivity index (χ3n) is 4.50. The van der Waals surface area contributed by atoms with Crippen molar-refractivity contribution >= 4 is 11.9 Å². The molecule has 1 aromatic heterocycles. The summed E-state index contributed by atoms with van der Waals surface area (Å²) in [5.41, 5.74) is 2.83. The van der Waals surface area contributed by atoms with Crippen molar-refractivity contribution in [3.8, 4) is 5.69 Å². The van der Waals surface area contributed by atoms with Gasteiger partial charge in [0.25, 0.3) is 5.91 Å². The van der Waals surface area contributed by atoms with Crippen molar-refractivity contribution in [1.82, 2.24) is 14.7 Å². The SMILES string of the molecule is CCN(Cc1cccc(F)c1)C(=O)COC(=O)c1ccc(-n2nccc2C)cc1. The predicted molar refractivity (Wildman–Crippen MR) is 106 cm³/mol. The molecule has 3 rings (SSSR count). The molecule has 0 N–H and O–H groups in total. The molecule has 29 heavy (non-hydrogen) atoms.